The summed E-state index contributed by atoms with van der Waals surface area (Å²) in [7, 11) is 0. The predicted octanol–water partition coefficient (Wildman–Crippen LogP) is 4.83. The molecule has 6 heteroatoms. The molecule has 0 aliphatic carbocycles. The highest BCUT2D eigenvalue weighted by Gasteiger charge is 2.16. The van der Waals surface area contributed by atoms with Crippen LogP contribution in [0.15, 0.2) is 31.8 Å². The Morgan fingerprint density at radius 3 is 2.22 bits per heavy atom. The number of hydrogen-bond donors (Lipinski definition) is 1. The van der Waals surface area contributed by atoms with Crippen LogP contribution in [-0.4, -0.2) is 5.11 Å². The molecule has 0 bridgehead atoms. The SMILES string of the molecule is OC(Cc1cc(F)cc(F)c1)c1cc(Br)sc1Br. The molecule has 0 aliphatic heterocycles. The monoisotopic (exact) mass is 396 g/mol. The second-order valence-corrected chi connectivity index (χ2v) is 7.53. The number of benzene rings is 1. The lowest BCUT2D eigenvalue weighted by Crippen LogP contribution is -2.02. The van der Waals surface area contributed by atoms with Crippen LogP contribution in [-0.2, 0) is 6.42 Å². The third kappa shape index (κ3) is 3.38. The highest BCUT2D eigenvalue weighted by molar-refractivity contribution is 9.12. The first-order valence-corrected chi connectivity index (χ1v) is 7.43. The van der Waals surface area contributed by atoms with Crippen LogP contribution in [0.2, 0.25) is 0 Å². The molecule has 0 fully saturated rings. The molecule has 1 unspecified atom stereocenters. The van der Waals surface area contributed by atoms with E-state index >= 15 is 0 Å². The molecule has 1 aromatic heterocycles. The molecule has 1 atom stereocenters. The summed E-state index contributed by atoms with van der Waals surface area (Å²) in [6.07, 6.45) is -0.640. The fraction of sp³-hybridized carbons (Fsp3) is 0.167. The van der Waals surface area contributed by atoms with Crippen molar-refractivity contribution in [2.24, 2.45) is 0 Å². The number of thiophene rings is 1. The largest absolute Gasteiger partial charge is 0.388 e. The molecular formula is C12H8Br2F2OS. The Labute approximate surface area is 124 Å². The van der Waals surface area contributed by atoms with Gasteiger partial charge < -0.3 is 5.11 Å². The van der Waals surface area contributed by atoms with E-state index in [4.69, 9.17) is 0 Å². The van der Waals surface area contributed by atoms with E-state index in [1.54, 1.807) is 6.07 Å². The standard InChI is InChI=1S/C12H8Br2F2OS/c13-11-5-9(12(14)18-11)10(17)3-6-1-7(15)4-8(16)2-6/h1-2,4-5,10,17H,3H2. The normalized spacial score (nSPS) is 12.7. The molecule has 1 N–H and O–H groups in total. The third-order valence-corrected chi connectivity index (χ3v) is 4.78. The highest BCUT2D eigenvalue weighted by atomic mass is 79.9. The molecule has 18 heavy (non-hydrogen) atoms. The molecule has 0 saturated heterocycles. The van der Waals surface area contributed by atoms with Gasteiger partial charge in [-0.3, -0.25) is 0 Å². The summed E-state index contributed by atoms with van der Waals surface area (Å²) in [5.74, 6) is -1.27. The lowest BCUT2D eigenvalue weighted by molar-refractivity contribution is 0.178. The molecule has 1 nitrogen and oxygen atoms in total. The van der Waals surface area contributed by atoms with Crippen molar-refractivity contribution >= 4 is 43.2 Å². The van der Waals surface area contributed by atoms with E-state index in [2.05, 4.69) is 31.9 Å². The predicted molar refractivity (Wildman–Crippen MR) is 74.7 cm³/mol. The average Bonchev–Trinajstić information content (AvgIpc) is 2.56. The van der Waals surface area contributed by atoms with Crippen LogP contribution >= 0.6 is 43.2 Å². The first-order chi connectivity index (χ1) is 8.45. The van der Waals surface area contributed by atoms with E-state index in [0.717, 1.165) is 13.6 Å². The summed E-state index contributed by atoms with van der Waals surface area (Å²) in [5, 5.41) is 10.1. The van der Waals surface area contributed by atoms with E-state index in [1.165, 1.54) is 23.5 Å². The van der Waals surface area contributed by atoms with Gasteiger partial charge in [-0.25, -0.2) is 8.78 Å². The summed E-state index contributed by atoms with van der Waals surface area (Å²) in [5.41, 5.74) is 1.13. The summed E-state index contributed by atoms with van der Waals surface area (Å²) in [6, 6.07) is 5.05. The van der Waals surface area contributed by atoms with Gasteiger partial charge in [0, 0.05) is 18.1 Å². The van der Waals surface area contributed by atoms with Crippen molar-refractivity contribution in [3.05, 3.63) is 54.6 Å². The smallest absolute Gasteiger partial charge is 0.126 e. The van der Waals surface area contributed by atoms with Crippen molar-refractivity contribution < 1.29 is 13.9 Å². The Morgan fingerprint density at radius 2 is 1.72 bits per heavy atom. The lowest BCUT2D eigenvalue weighted by Gasteiger charge is -2.10. The van der Waals surface area contributed by atoms with E-state index in [9.17, 15) is 13.9 Å². The third-order valence-electron chi connectivity index (χ3n) is 2.39. The van der Waals surface area contributed by atoms with Crippen LogP contribution < -0.4 is 0 Å². The summed E-state index contributed by atoms with van der Waals surface area (Å²) >= 11 is 8.10. The van der Waals surface area contributed by atoms with E-state index in [-0.39, 0.29) is 6.42 Å². The maximum absolute atomic E-state index is 13.0. The zero-order valence-electron chi connectivity index (χ0n) is 8.96. The maximum Gasteiger partial charge on any atom is 0.126 e. The van der Waals surface area contributed by atoms with Crippen LogP contribution in [0.1, 0.15) is 17.2 Å². The van der Waals surface area contributed by atoms with Crippen LogP contribution in [0.4, 0.5) is 8.78 Å². The van der Waals surface area contributed by atoms with E-state index in [1.807, 2.05) is 0 Å². The molecule has 0 radical (unpaired) electrons. The molecule has 2 aromatic rings. The Bertz CT molecular complexity index is 551. The first-order valence-electron chi connectivity index (χ1n) is 5.03. The Hall–Kier alpha value is -0.300. The van der Waals surface area contributed by atoms with Gasteiger partial charge in [-0.05, 0) is 55.6 Å². The first kappa shape index (κ1) is 14.1. The van der Waals surface area contributed by atoms with Crippen molar-refractivity contribution in [2.75, 3.05) is 0 Å². The van der Waals surface area contributed by atoms with Gasteiger partial charge in [0.05, 0.1) is 13.7 Å². The van der Waals surface area contributed by atoms with Gasteiger partial charge in [0.1, 0.15) is 11.6 Å². The van der Waals surface area contributed by atoms with Crippen molar-refractivity contribution in [1.82, 2.24) is 0 Å². The van der Waals surface area contributed by atoms with Crippen LogP contribution in [0.5, 0.6) is 0 Å². The average molecular weight is 398 g/mol. The van der Waals surface area contributed by atoms with Crippen molar-refractivity contribution in [2.45, 2.75) is 12.5 Å². The van der Waals surface area contributed by atoms with Crippen LogP contribution in [0.25, 0.3) is 0 Å². The number of aliphatic hydroxyl groups is 1. The molecule has 0 saturated carbocycles. The molecule has 2 rings (SSSR count). The molecule has 1 aromatic carbocycles. The zero-order chi connectivity index (χ0) is 13.3. The topological polar surface area (TPSA) is 20.2 Å². The van der Waals surface area contributed by atoms with Gasteiger partial charge >= 0.3 is 0 Å². The van der Waals surface area contributed by atoms with Gasteiger partial charge in [-0.1, -0.05) is 0 Å². The maximum atomic E-state index is 13.0. The van der Waals surface area contributed by atoms with Crippen molar-refractivity contribution in [3.63, 3.8) is 0 Å². The molecule has 0 spiro atoms. The molecule has 96 valence electrons. The van der Waals surface area contributed by atoms with Gasteiger partial charge in [-0.15, -0.1) is 11.3 Å². The minimum absolute atomic E-state index is 0.163. The number of halogens is 4. The van der Waals surface area contributed by atoms with Crippen molar-refractivity contribution in [1.29, 1.82) is 0 Å². The molecule has 0 aliphatic rings. The lowest BCUT2D eigenvalue weighted by atomic mass is 10.0. The minimum atomic E-state index is -0.803. The van der Waals surface area contributed by atoms with Gasteiger partial charge in [0.25, 0.3) is 0 Å². The van der Waals surface area contributed by atoms with Gasteiger partial charge in [-0.2, -0.15) is 0 Å². The zero-order valence-corrected chi connectivity index (χ0v) is 12.9. The highest BCUT2D eigenvalue weighted by Crippen LogP contribution is 2.36. The molecule has 1 heterocycles. The minimum Gasteiger partial charge on any atom is -0.388 e. The summed E-state index contributed by atoms with van der Waals surface area (Å²) in [4.78, 5) is 0. The van der Waals surface area contributed by atoms with Gasteiger partial charge in [0.2, 0.25) is 0 Å². The van der Waals surface area contributed by atoms with Crippen LogP contribution in [0, 0.1) is 11.6 Å². The van der Waals surface area contributed by atoms with E-state index < -0.39 is 17.7 Å². The number of aliphatic hydroxyl groups excluding tert-OH is 1. The second kappa shape index (κ2) is 5.77. The number of rotatable bonds is 3. The van der Waals surface area contributed by atoms with Crippen LogP contribution in [0.3, 0.4) is 0 Å². The fourth-order valence-corrected chi connectivity index (χ4v) is 4.60. The van der Waals surface area contributed by atoms with Gasteiger partial charge in [0.15, 0.2) is 0 Å². The molecule has 0 amide bonds. The van der Waals surface area contributed by atoms with Crippen molar-refractivity contribution in [3.8, 4) is 0 Å². The fourth-order valence-electron chi connectivity index (χ4n) is 1.64. The Kier molecular flexibility index (Phi) is 4.53. The number of hydrogen-bond acceptors (Lipinski definition) is 2. The Morgan fingerprint density at radius 1 is 1.11 bits per heavy atom. The molecular weight excluding hydrogens is 390 g/mol. The Balaban J connectivity index is 2.20. The summed E-state index contributed by atoms with van der Waals surface area (Å²) < 4.78 is 27.7. The second-order valence-electron chi connectivity index (χ2n) is 3.78. The van der Waals surface area contributed by atoms with E-state index in [0.29, 0.717) is 11.1 Å². The summed E-state index contributed by atoms with van der Waals surface area (Å²) in [6.45, 7) is 0. The quantitative estimate of drug-likeness (QED) is 0.786.